The third-order valence-electron chi connectivity index (χ3n) is 4.91. The first-order valence-electron chi connectivity index (χ1n) is 8.40. The number of fused-ring (bicyclic) bond motifs is 2. The van der Waals surface area contributed by atoms with Gasteiger partial charge in [-0.05, 0) is 0 Å². The third kappa shape index (κ3) is 2.26. The van der Waals surface area contributed by atoms with Gasteiger partial charge in [-0.3, -0.25) is 19.2 Å². The van der Waals surface area contributed by atoms with Crippen LogP contribution < -0.4 is 0 Å². The summed E-state index contributed by atoms with van der Waals surface area (Å²) in [6.45, 7) is 3.60. The summed E-state index contributed by atoms with van der Waals surface area (Å²) in [5.41, 5.74) is -0.736. The molecule has 2 aliphatic rings. The molecule has 0 radical (unpaired) electrons. The molecular formula is C21H14N2O4. The van der Waals surface area contributed by atoms with Gasteiger partial charge in [0.15, 0.2) is 17.6 Å². The number of hydrogen-bond acceptors (Lipinski definition) is 6. The summed E-state index contributed by atoms with van der Waals surface area (Å²) in [7, 11) is 0. The van der Waals surface area contributed by atoms with Gasteiger partial charge in [0.1, 0.15) is 0 Å². The Kier molecular flexibility index (Phi) is 3.77. The third-order valence-corrected chi connectivity index (χ3v) is 4.91. The van der Waals surface area contributed by atoms with E-state index in [4.69, 9.17) is 0 Å². The summed E-state index contributed by atoms with van der Waals surface area (Å²) in [5.74, 6) is -1.96. The molecule has 0 unspecified atom stereocenters. The monoisotopic (exact) mass is 358 g/mol. The number of nitrogens with zero attached hydrogens (tertiary/aromatic N) is 2. The first-order chi connectivity index (χ1) is 13.0. The SMILES string of the molecule is C=CCC1(N=NC2C(=O)c3ccccc3C2=O)C(=O)c2ccccc2C1=O. The van der Waals surface area contributed by atoms with Gasteiger partial charge in [0.05, 0.1) is 0 Å². The highest BCUT2D eigenvalue weighted by Crippen LogP contribution is 2.37. The normalized spacial score (nSPS) is 18.2. The number of ketones is 4. The van der Waals surface area contributed by atoms with Gasteiger partial charge in [-0.2, -0.15) is 10.2 Å². The van der Waals surface area contributed by atoms with Crippen molar-refractivity contribution in [3.8, 4) is 0 Å². The van der Waals surface area contributed by atoms with E-state index in [0.717, 1.165) is 0 Å². The Labute approximate surface area is 154 Å². The second-order valence-corrected chi connectivity index (χ2v) is 6.45. The molecule has 27 heavy (non-hydrogen) atoms. The van der Waals surface area contributed by atoms with E-state index in [0.29, 0.717) is 0 Å². The van der Waals surface area contributed by atoms with E-state index < -0.39 is 34.7 Å². The van der Waals surface area contributed by atoms with Gasteiger partial charge in [0.2, 0.25) is 17.1 Å². The predicted molar refractivity (Wildman–Crippen MR) is 96.4 cm³/mol. The molecule has 2 aromatic carbocycles. The molecule has 2 aliphatic carbocycles. The zero-order valence-electron chi connectivity index (χ0n) is 14.2. The fourth-order valence-corrected chi connectivity index (χ4v) is 3.54. The van der Waals surface area contributed by atoms with Crippen molar-refractivity contribution in [3.05, 3.63) is 83.4 Å². The summed E-state index contributed by atoms with van der Waals surface area (Å²) in [4.78, 5) is 50.8. The van der Waals surface area contributed by atoms with Crippen molar-refractivity contribution in [2.75, 3.05) is 0 Å². The summed E-state index contributed by atoms with van der Waals surface area (Å²) < 4.78 is 0. The Morgan fingerprint density at radius 2 is 1.26 bits per heavy atom. The lowest BCUT2D eigenvalue weighted by Gasteiger charge is -2.18. The van der Waals surface area contributed by atoms with Gasteiger partial charge >= 0.3 is 0 Å². The van der Waals surface area contributed by atoms with Crippen molar-refractivity contribution in [1.29, 1.82) is 0 Å². The Bertz CT molecular complexity index is 997. The van der Waals surface area contributed by atoms with Crippen LogP contribution in [-0.2, 0) is 0 Å². The summed E-state index contributed by atoms with van der Waals surface area (Å²) >= 11 is 0. The van der Waals surface area contributed by atoms with Crippen LogP contribution in [0.2, 0.25) is 0 Å². The first kappa shape index (κ1) is 16.9. The highest BCUT2D eigenvalue weighted by Gasteiger charge is 2.53. The standard InChI is InChI=1S/C21H14N2O4/c1-2-11-21(19(26)14-9-5-6-10-15(14)20(21)27)23-22-16-17(24)12-7-3-4-8-13(12)18(16)25/h2-10,16H,1,11H2. The molecular weight excluding hydrogens is 344 g/mol. The van der Waals surface area contributed by atoms with Crippen LogP contribution in [0.4, 0.5) is 0 Å². The molecule has 4 rings (SSSR count). The van der Waals surface area contributed by atoms with Gasteiger partial charge in [-0.25, -0.2) is 0 Å². The minimum Gasteiger partial charge on any atom is -0.291 e. The van der Waals surface area contributed by atoms with Crippen LogP contribution in [0.1, 0.15) is 47.9 Å². The number of Topliss-reactive ketones (excluding diaryl/α,β-unsaturated/α-hetero) is 4. The Morgan fingerprint density at radius 1 is 0.815 bits per heavy atom. The lowest BCUT2D eigenvalue weighted by atomic mass is 9.90. The second-order valence-electron chi connectivity index (χ2n) is 6.45. The number of carbonyl (C=O) groups excluding carboxylic acids is 4. The Hall–Kier alpha value is -3.54. The summed E-state index contributed by atoms with van der Waals surface area (Å²) in [5, 5.41) is 7.89. The molecule has 0 saturated heterocycles. The molecule has 0 saturated carbocycles. The minimum absolute atomic E-state index is 0.0646. The van der Waals surface area contributed by atoms with Crippen molar-refractivity contribution in [2.45, 2.75) is 18.0 Å². The minimum atomic E-state index is -1.80. The number of carbonyl (C=O) groups is 4. The van der Waals surface area contributed by atoms with Crippen molar-refractivity contribution in [3.63, 3.8) is 0 Å². The van der Waals surface area contributed by atoms with E-state index in [9.17, 15) is 19.2 Å². The van der Waals surface area contributed by atoms with Crippen molar-refractivity contribution >= 4 is 23.1 Å². The van der Waals surface area contributed by atoms with E-state index in [1.54, 1.807) is 48.5 Å². The molecule has 0 fully saturated rings. The number of benzene rings is 2. The fraction of sp³-hybridized carbons (Fsp3) is 0.143. The smallest absolute Gasteiger partial charge is 0.210 e. The number of rotatable bonds is 4. The largest absolute Gasteiger partial charge is 0.291 e. The van der Waals surface area contributed by atoms with Gasteiger partial charge in [0.25, 0.3) is 0 Å². The molecule has 0 aromatic heterocycles. The molecule has 0 heterocycles. The summed E-state index contributed by atoms with van der Waals surface area (Å²) in [6, 6.07) is 11.5. The van der Waals surface area contributed by atoms with Crippen LogP contribution in [0, 0.1) is 0 Å². The highest BCUT2D eigenvalue weighted by atomic mass is 16.2. The van der Waals surface area contributed by atoms with E-state index in [1.807, 2.05) is 0 Å². The zero-order valence-corrected chi connectivity index (χ0v) is 14.2. The molecule has 2 aromatic rings. The Morgan fingerprint density at radius 3 is 1.70 bits per heavy atom. The average molecular weight is 358 g/mol. The van der Waals surface area contributed by atoms with Crippen LogP contribution in [0.5, 0.6) is 0 Å². The van der Waals surface area contributed by atoms with Crippen molar-refractivity contribution in [1.82, 2.24) is 0 Å². The van der Waals surface area contributed by atoms with E-state index >= 15 is 0 Å². The van der Waals surface area contributed by atoms with Crippen LogP contribution >= 0.6 is 0 Å². The van der Waals surface area contributed by atoms with Crippen LogP contribution in [0.3, 0.4) is 0 Å². The van der Waals surface area contributed by atoms with Crippen molar-refractivity contribution < 1.29 is 19.2 Å². The second kappa shape index (κ2) is 6.02. The van der Waals surface area contributed by atoms with E-state index in [2.05, 4.69) is 16.8 Å². The molecule has 0 bridgehead atoms. The van der Waals surface area contributed by atoms with Crippen LogP contribution in [-0.4, -0.2) is 34.7 Å². The molecule has 6 nitrogen and oxygen atoms in total. The number of azo groups is 1. The first-order valence-corrected chi connectivity index (χ1v) is 8.40. The quantitative estimate of drug-likeness (QED) is 0.476. The molecule has 6 heteroatoms. The lowest BCUT2D eigenvalue weighted by molar-refractivity contribution is 0.0782. The fourth-order valence-electron chi connectivity index (χ4n) is 3.54. The molecule has 0 amide bonds. The van der Waals surface area contributed by atoms with Gasteiger partial charge in [-0.15, -0.1) is 6.58 Å². The average Bonchev–Trinajstić information content (AvgIpc) is 3.06. The Balaban J connectivity index is 1.75. The maximum absolute atomic E-state index is 12.9. The van der Waals surface area contributed by atoms with E-state index in [1.165, 1.54) is 6.08 Å². The maximum Gasteiger partial charge on any atom is 0.210 e. The van der Waals surface area contributed by atoms with Gasteiger partial charge in [0, 0.05) is 28.7 Å². The summed E-state index contributed by atoms with van der Waals surface area (Å²) in [6.07, 6.45) is 1.35. The topological polar surface area (TPSA) is 93.0 Å². The molecule has 0 atom stereocenters. The highest BCUT2D eigenvalue weighted by molar-refractivity contribution is 6.33. The molecule has 0 N–H and O–H groups in total. The lowest BCUT2D eigenvalue weighted by Crippen LogP contribution is -2.39. The molecule has 0 aliphatic heterocycles. The number of hydrogen-bond donors (Lipinski definition) is 0. The van der Waals surface area contributed by atoms with Crippen LogP contribution in [0.15, 0.2) is 71.4 Å². The van der Waals surface area contributed by atoms with Crippen LogP contribution in [0.25, 0.3) is 0 Å². The predicted octanol–water partition coefficient (Wildman–Crippen LogP) is 3.28. The molecule has 132 valence electrons. The molecule has 0 spiro atoms. The van der Waals surface area contributed by atoms with Gasteiger partial charge in [-0.1, -0.05) is 54.6 Å². The van der Waals surface area contributed by atoms with E-state index in [-0.39, 0.29) is 28.7 Å². The van der Waals surface area contributed by atoms with Crippen molar-refractivity contribution in [2.24, 2.45) is 10.2 Å². The maximum atomic E-state index is 12.9. The van der Waals surface area contributed by atoms with Gasteiger partial charge < -0.3 is 0 Å². The zero-order chi connectivity index (χ0) is 19.2.